The molecule has 106 valence electrons. The first-order valence-corrected chi connectivity index (χ1v) is 6.66. The van der Waals surface area contributed by atoms with E-state index in [4.69, 9.17) is 5.84 Å². The Morgan fingerprint density at radius 1 is 1.40 bits per heavy atom. The summed E-state index contributed by atoms with van der Waals surface area (Å²) in [5, 5.41) is 4.03. The van der Waals surface area contributed by atoms with Crippen LogP contribution in [0.1, 0.15) is 26.2 Å². The quantitative estimate of drug-likeness (QED) is 0.565. The van der Waals surface area contributed by atoms with Gasteiger partial charge in [-0.25, -0.2) is 10.8 Å². The molecule has 9 nitrogen and oxygen atoms in total. The number of nitrogens with one attached hydrogen (secondary N) is 1. The minimum atomic E-state index is 0.322. The van der Waals surface area contributed by atoms with E-state index in [1.54, 1.807) is 6.33 Å². The van der Waals surface area contributed by atoms with Crippen LogP contribution in [-0.2, 0) is 0 Å². The predicted octanol–water partition coefficient (Wildman–Crippen LogP) is 0.117. The third-order valence-electron chi connectivity index (χ3n) is 3.07. The molecule has 2 aromatic heterocycles. The third kappa shape index (κ3) is 2.52. The van der Waals surface area contributed by atoms with Crippen molar-refractivity contribution < 1.29 is 0 Å². The van der Waals surface area contributed by atoms with Crippen molar-refractivity contribution in [3.63, 3.8) is 0 Å². The van der Waals surface area contributed by atoms with Crippen molar-refractivity contribution in [1.29, 1.82) is 0 Å². The molecule has 2 heterocycles. The maximum atomic E-state index is 5.44. The molecule has 1 aliphatic carbocycles. The summed E-state index contributed by atoms with van der Waals surface area (Å²) in [7, 11) is 0. The fraction of sp³-hybridized carbons (Fsp3) is 0.545. The molecule has 0 radical (unpaired) electrons. The minimum absolute atomic E-state index is 0.322. The van der Waals surface area contributed by atoms with Gasteiger partial charge in [-0.2, -0.15) is 24.7 Å². The van der Waals surface area contributed by atoms with Crippen LogP contribution in [0.2, 0.25) is 0 Å². The van der Waals surface area contributed by atoms with Crippen molar-refractivity contribution in [3.8, 4) is 5.95 Å². The molecule has 20 heavy (non-hydrogen) atoms. The lowest BCUT2D eigenvalue weighted by atomic mass is 10.4. The molecule has 9 heteroatoms. The van der Waals surface area contributed by atoms with Crippen LogP contribution in [-0.4, -0.2) is 42.3 Å². The number of anilines is 2. The van der Waals surface area contributed by atoms with Crippen molar-refractivity contribution in [1.82, 2.24) is 29.7 Å². The zero-order valence-electron chi connectivity index (χ0n) is 11.3. The highest BCUT2D eigenvalue weighted by Gasteiger charge is 2.31. The minimum Gasteiger partial charge on any atom is -0.338 e. The number of nitrogens with zero attached hydrogens (tertiary/aromatic N) is 7. The van der Waals surface area contributed by atoms with Gasteiger partial charge in [-0.15, -0.1) is 0 Å². The van der Waals surface area contributed by atoms with Crippen molar-refractivity contribution in [2.24, 2.45) is 5.84 Å². The van der Waals surface area contributed by atoms with Gasteiger partial charge in [0.15, 0.2) is 0 Å². The molecule has 0 atom stereocenters. The Morgan fingerprint density at radius 3 is 2.85 bits per heavy atom. The lowest BCUT2D eigenvalue weighted by Gasteiger charge is -2.22. The molecule has 0 aliphatic heterocycles. The monoisotopic (exact) mass is 275 g/mol. The highest BCUT2D eigenvalue weighted by atomic mass is 15.4. The van der Waals surface area contributed by atoms with Gasteiger partial charge in [-0.3, -0.25) is 5.43 Å². The van der Waals surface area contributed by atoms with Crippen molar-refractivity contribution in [3.05, 3.63) is 12.7 Å². The summed E-state index contributed by atoms with van der Waals surface area (Å²) < 4.78 is 1.49. The van der Waals surface area contributed by atoms with Gasteiger partial charge in [0.2, 0.25) is 11.9 Å². The number of hydrogen-bond acceptors (Lipinski definition) is 8. The number of hydrogen-bond donors (Lipinski definition) is 2. The number of nitrogen functional groups attached to an aromatic ring is 1. The first-order valence-electron chi connectivity index (χ1n) is 6.66. The summed E-state index contributed by atoms with van der Waals surface area (Å²) >= 11 is 0. The van der Waals surface area contributed by atoms with Gasteiger partial charge in [-0.05, 0) is 19.3 Å². The molecule has 1 aliphatic rings. The van der Waals surface area contributed by atoms with E-state index < -0.39 is 0 Å². The van der Waals surface area contributed by atoms with E-state index in [2.05, 4.69) is 42.3 Å². The van der Waals surface area contributed by atoms with E-state index in [9.17, 15) is 0 Å². The molecular weight excluding hydrogens is 258 g/mol. The van der Waals surface area contributed by atoms with Crippen LogP contribution in [0.4, 0.5) is 11.9 Å². The van der Waals surface area contributed by atoms with Crippen LogP contribution >= 0.6 is 0 Å². The van der Waals surface area contributed by atoms with Gasteiger partial charge < -0.3 is 4.90 Å². The Bertz CT molecular complexity index is 563. The zero-order chi connectivity index (χ0) is 13.9. The van der Waals surface area contributed by atoms with Crippen LogP contribution < -0.4 is 16.2 Å². The van der Waals surface area contributed by atoms with Crippen molar-refractivity contribution in [2.45, 2.75) is 32.2 Å². The summed E-state index contributed by atoms with van der Waals surface area (Å²) in [4.78, 5) is 19.1. The van der Waals surface area contributed by atoms with E-state index in [1.807, 2.05) is 0 Å². The molecule has 1 fully saturated rings. The molecule has 0 amide bonds. The Balaban J connectivity index is 1.98. The van der Waals surface area contributed by atoms with E-state index >= 15 is 0 Å². The normalized spacial score (nSPS) is 14.3. The predicted molar refractivity (Wildman–Crippen MR) is 73.2 cm³/mol. The van der Waals surface area contributed by atoms with Crippen LogP contribution in [0.5, 0.6) is 0 Å². The Morgan fingerprint density at radius 2 is 2.25 bits per heavy atom. The maximum Gasteiger partial charge on any atom is 0.258 e. The average molecular weight is 275 g/mol. The second-order valence-electron chi connectivity index (χ2n) is 4.67. The van der Waals surface area contributed by atoms with E-state index in [0.29, 0.717) is 23.9 Å². The molecule has 0 saturated heterocycles. The molecule has 0 spiro atoms. The van der Waals surface area contributed by atoms with Crippen molar-refractivity contribution in [2.75, 3.05) is 16.9 Å². The fourth-order valence-electron chi connectivity index (χ4n) is 2.03. The summed E-state index contributed by atoms with van der Waals surface area (Å²) in [6, 6.07) is 0.520. The molecule has 0 unspecified atom stereocenters. The number of aromatic nitrogens is 6. The van der Waals surface area contributed by atoms with Crippen molar-refractivity contribution >= 4 is 11.9 Å². The van der Waals surface area contributed by atoms with Crippen LogP contribution in [0.25, 0.3) is 5.95 Å². The second kappa shape index (κ2) is 5.37. The topological polar surface area (TPSA) is 111 Å². The van der Waals surface area contributed by atoms with Crippen LogP contribution in [0, 0.1) is 0 Å². The number of hydrazine groups is 1. The largest absolute Gasteiger partial charge is 0.338 e. The summed E-state index contributed by atoms with van der Waals surface area (Å²) in [5.74, 6) is 6.79. The molecule has 2 aromatic rings. The van der Waals surface area contributed by atoms with E-state index in [1.165, 1.54) is 23.9 Å². The maximum absolute atomic E-state index is 5.44. The van der Waals surface area contributed by atoms with Gasteiger partial charge in [-0.1, -0.05) is 6.92 Å². The van der Waals surface area contributed by atoms with E-state index in [0.717, 1.165) is 13.0 Å². The fourth-order valence-corrected chi connectivity index (χ4v) is 2.03. The van der Waals surface area contributed by atoms with Gasteiger partial charge >= 0.3 is 0 Å². The van der Waals surface area contributed by atoms with Gasteiger partial charge in [0, 0.05) is 12.6 Å². The summed E-state index contributed by atoms with van der Waals surface area (Å²) in [5.41, 5.74) is 2.48. The lowest BCUT2D eigenvalue weighted by molar-refractivity contribution is 0.715. The first kappa shape index (κ1) is 12.7. The molecule has 0 aromatic carbocycles. The standard InChI is InChI=1S/C11H17N9/c1-2-5-19(8-3-4-8)10-15-9(18-12)16-11(17-10)20-7-13-6-14-20/h6-8H,2-5,12H2,1H3,(H,15,16,17,18). The van der Waals surface area contributed by atoms with E-state index in [-0.39, 0.29) is 0 Å². The first-order chi connectivity index (χ1) is 9.81. The number of nitrogens with two attached hydrogens (primary N) is 1. The molecule has 0 bridgehead atoms. The smallest absolute Gasteiger partial charge is 0.258 e. The van der Waals surface area contributed by atoms with Gasteiger partial charge in [0.1, 0.15) is 12.7 Å². The van der Waals surface area contributed by atoms with Gasteiger partial charge in [0.05, 0.1) is 0 Å². The molecule has 3 N–H and O–H groups in total. The Labute approximate surface area is 116 Å². The third-order valence-corrected chi connectivity index (χ3v) is 3.07. The molecule has 1 saturated carbocycles. The molecular formula is C11H17N9. The summed E-state index contributed by atoms with van der Waals surface area (Å²) in [6.07, 6.45) is 6.36. The lowest BCUT2D eigenvalue weighted by Crippen LogP contribution is -2.29. The highest BCUT2D eigenvalue weighted by Crippen LogP contribution is 2.30. The van der Waals surface area contributed by atoms with Crippen LogP contribution in [0.3, 0.4) is 0 Å². The second-order valence-corrected chi connectivity index (χ2v) is 4.67. The van der Waals surface area contributed by atoms with Gasteiger partial charge in [0.25, 0.3) is 5.95 Å². The average Bonchev–Trinajstić information content (AvgIpc) is 3.17. The highest BCUT2D eigenvalue weighted by molar-refractivity contribution is 5.41. The molecule has 3 rings (SSSR count). The Hall–Kier alpha value is -2.29. The number of rotatable bonds is 6. The summed E-state index contributed by atoms with van der Waals surface area (Å²) in [6.45, 7) is 3.05. The van der Waals surface area contributed by atoms with Crippen LogP contribution in [0.15, 0.2) is 12.7 Å². The zero-order valence-corrected chi connectivity index (χ0v) is 11.3. The Kier molecular flexibility index (Phi) is 3.42. The SMILES string of the molecule is CCCN(c1nc(NN)nc(-n2cncn2)n1)C1CC1.